The van der Waals surface area contributed by atoms with Crippen molar-refractivity contribution in [3.05, 3.63) is 11.7 Å². The lowest BCUT2D eigenvalue weighted by molar-refractivity contribution is -0.128. The molecule has 1 aliphatic carbocycles. The first kappa shape index (κ1) is 14.0. The quantitative estimate of drug-likeness (QED) is 0.851. The molecule has 1 aliphatic rings. The van der Waals surface area contributed by atoms with Gasteiger partial charge in [-0.2, -0.15) is 4.98 Å². The van der Waals surface area contributed by atoms with Gasteiger partial charge in [-0.3, -0.25) is 4.79 Å². The Labute approximate surface area is 113 Å². The maximum atomic E-state index is 11.7. The molecule has 6 heteroatoms. The summed E-state index contributed by atoms with van der Waals surface area (Å²) in [5.41, 5.74) is 5.34. The number of nitrogens with two attached hydrogens (primary N) is 1. The standard InChI is InChI=1S/C13H22N4O2/c1-12(2,3)11(18)15-8-5-9-16-10(17-19-9)13(14)6-4-7-13/h4-8,14H2,1-3H3,(H,15,18). The average Bonchev–Trinajstić information content (AvgIpc) is 2.73. The Kier molecular flexibility index (Phi) is 3.62. The molecule has 1 fully saturated rings. The molecule has 0 radical (unpaired) electrons. The van der Waals surface area contributed by atoms with Gasteiger partial charge in [0, 0.05) is 18.4 Å². The summed E-state index contributed by atoms with van der Waals surface area (Å²) >= 11 is 0. The number of hydrogen-bond acceptors (Lipinski definition) is 5. The third kappa shape index (κ3) is 3.12. The van der Waals surface area contributed by atoms with Gasteiger partial charge in [-0.25, -0.2) is 0 Å². The van der Waals surface area contributed by atoms with Crippen molar-refractivity contribution in [2.75, 3.05) is 6.54 Å². The Morgan fingerprint density at radius 2 is 2.16 bits per heavy atom. The Hall–Kier alpha value is -1.43. The molecule has 2 rings (SSSR count). The van der Waals surface area contributed by atoms with Gasteiger partial charge in [0.1, 0.15) is 0 Å². The van der Waals surface area contributed by atoms with E-state index in [-0.39, 0.29) is 11.3 Å². The molecule has 0 bridgehead atoms. The van der Waals surface area contributed by atoms with E-state index >= 15 is 0 Å². The molecule has 1 saturated carbocycles. The van der Waals surface area contributed by atoms with Crippen LogP contribution >= 0.6 is 0 Å². The summed E-state index contributed by atoms with van der Waals surface area (Å²) in [6.07, 6.45) is 3.46. The van der Waals surface area contributed by atoms with Crippen LogP contribution in [-0.2, 0) is 16.8 Å². The first-order valence-electron chi connectivity index (χ1n) is 6.71. The van der Waals surface area contributed by atoms with Gasteiger partial charge in [-0.1, -0.05) is 25.9 Å². The van der Waals surface area contributed by atoms with E-state index in [9.17, 15) is 4.79 Å². The average molecular weight is 266 g/mol. The van der Waals surface area contributed by atoms with E-state index in [4.69, 9.17) is 10.3 Å². The van der Waals surface area contributed by atoms with Crippen molar-refractivity contribution in [1.29, 1.82) is 0 Å². The van der Waals surface area contributed by atoms with Crippen molar-refractivity contribution in [3.63, 3.8) is 0 Å². The second-order valence-electron chi connectivity index (χ2n) is 6.28. The van der Waals surface area contributed by atoms with Gasteiger partial charge in [-0.05, 0) is 19.3 Å². The van der Waals surface area contributed by atoms with Crippen LogP contribution in [0.3, 0.4) is 0 Å². The molecule has 1 aromatic rings. The summed E-state index contributed by atoms with van der Waals surface area (Å²) < 4.78 is 5.16. The summed E-state index contributed by atoms with van der Waals surface area (Å²) in [6.45, 7) is 6.13. The molecule has 3 N–H and O–H groups in total. The van der Waals surface area contributed by atoms with Crippen LogP contribution in [0.1, 0.15) is 51.7 Å². The van der Waals surface area contributed by atoms with E-state index in [1.807, 2.05) is 20.8 Å². The van der Waals surface area contributed by atoms with E-state index < -0.39 is 5.54 Å². The van der Waals surface area contributed by atoms with E-state index in [1.54, 1.807) is 0 Å². The minimum atomic E-state index is -0.392. The normalized spacial score (nSPS) is 17.9. The van der Waals surface area contributed by atoms with Crippen LogP contribution in [0.25, 0.3) is 0 Å². The minimum absolute atomic E-state index is 0.0153. The van der Waals surface area contributed by atoms with Crippen molar-refractivity contribution < 1.29 is 9.32 Å². The fourth-order valence-electron chi connectivity index (χ4n) is 1.89. The number of carbonyl (C=O) groups is 1. The highest BCUT2D eigenvalue weighted by Gasteiger charge is 2.38. The highest BCUT2D eigenvalue weighted by atomic mass is 16.5. The second kappa shape index (κ2) is 4.92. The third-order valence-electron chi connectivity index (χ3n) is 3.46. The van der Waals surface area contributed by atoms with E-state index in [0.717, 1.165) is 19.3 Å². The smallest absolute Gasteiger partial charge is 0.228 e. The Bertz CT molecular complexity index is 457. The van der Waals surface area contributed by atoms with Crippen LogP contribution < -0.4 is 11.1 Å². The number of nitrogens with zero attached hydrogens (tertiary/aromatic N) is 2. The van der Waals surface area contributed by atoms with Crippen molar-refractivity contribution >= 4 is 5.91 Å². The van der Waals surface area contributed by atoms with Gasteiger partial charge in [0.25, 0.3) is 0 Å². The maximum absolute atomic E-state index is 11.7. The highest BCUT2D eigenvalue weighted by molar-refractivity contribution is 5.81. The molecule has 0 aliphatic heterocycles. The molecule has 1 aromatic heterocycles. The van der Waals surface area contributed by atoms with E-state index in [1.165, 1.54) is 0 Å². The zero-order valence-corrected chi connectivity index (χ0v) is 11.8. The summed E-state index contributed by atoms with van der Waals surface area (Å²) in [5, 5.41) is 6.78. The van der Waals surface area contributed by atoms with Crippen LogP contribution in [-0.4, -0.2) is 22.6 Å². The van der Waals surface area contributed by atoms with Crippen LogP contribution in [0.15, 0.2) is 4.52 Å². The summed E-state index contributed by atoms with van der Waals surface area (Å²) in [7, 11) is 0. The number of carbonyl (C=O) groups excluding carboxylic acids is 1. The van der Waals surface area contributed by atoms with Crippen LogP contribution in [0.5, 0.6) is 0 Å². The highest BCUT2D eigenvalue weighted by Crippen LogP contribution is 2.36. The minimum Gasteiger partial charge on any atom is -0.355 e. The van der Waals surface area contributed by atoms with Crippen molar-refractivity contribution in [1.82, 2.24) is 15.5 Å². The van der Waals surface area contributed by atoms with Gasteiger partial charge >= 0.3 is 0 Å². The molecule has 6 nitrogen and oxygen atoms in total. The van der Waals surface area contributed by atoms with Gasteiger partial charge in [0.15, 0.2) is 5.82 Å². The molecular formula is C13H22N4O2. The molecule has 106 valence electrons. The second-order valence-corrected chi connectivity index (χ2v) is 6.28. The van der Waals surface area contributed by atoms with Crippen LogP contribution in [0, 0.1) is 5.41 Å². The lowest BCUT2D eigenvalue weighted by Gasteiger charge is -2.34. The number of hydrogen-bond donors (Lipinski definition) is 2. The van der Waals surface area contributed by atoms with Crippen LogP contribution in [0.2, 0.25) is 0 Å². The fourth-order valence-corrected chi connectivity index (χ4v) is 1.89. The predicted octanol–water partition coefficient (Wildman–Crippen LogP) is 1.11. The monoisotopic (exact) mass is 266 g/mol. The molecule has 1 amide bonds. The Morgan fingerprint density at radius 3 is 2.68 bits per heavy atom. The Morgan fingerprint density at radius 1 is 1.47 bits per heavy atom. The molecule has 0 unspecified atom stereocenters. The van der Waals surface area contributed by atoms with Crippen molar-refractivity contribution in [3.8, 4) is 0 Å². The number of rotatable bonds is 4. The first-order chi connectivity index (χ1) is 8.81. The lowest BCUT2D eigenvalue weighted by atomic mass is 9.77. The predicted molar refractivity (Wildman–Crippen MR) is 70.2 cm³/mol. The van der Waals surface area contributed by atoms with Gasteiger partial charge in [-0.15, -0.1) is 0 Å². The molecule has 0 spiro atoms. The lowest BCUT2D eigenvalue weighted by Crippen LogP contribution is -2.44. The molecule has 0 saturated heterocycles. The largest absolute Gasteiger partial charge is 0.355 e. The third-order valence-corrected chi connectivity index (χ3v) is 3.46. The van der Waals surface area contributed by atoms with E-state index in [0.29, 0.717) is 24.7 Å². The molecule has 19 heavy (non-hydrogen) atoms. The summed E-state index contributed by atoms with van der Waals surface area (Å²) in [6, 6.07) is 0. The number of amides is 1. The zero-order chi connectivity index (χ0) is 14.1. The molecule has 0 atom stereocenters. The van der Waals surface area contributed by atoms with E-state index in [2.05, 4.69) is 15.5 Å². The maximum Gasteiger partial charge on any atom is 0.228 e. The van der Waals surface area contributed by atoms with Crippen LogP contribution in [0.4, 0.5) is 0 Å². The van der Waals surface area contributed by atoms with Gasteiger partial charge in [0.2, 0.25) is 11.8 Å². The van der Waals surface area contributed by atoms with Crippen molar-refractivity contribution in [2.24, 2.45) is 11.1 Å². The first-order valence-corrected chi connectivity index (χ1v) is 6.71. The topological polar surface area (TPSA) is 94.0 Å². The number of nitrogens with one attached hydrogen (secondary N) is 1. The SMILES string of the molecule is CC(C)(C)C(=O)NCCc1nc(C2(N)CCC2)no1. The summed E-state index contributed by atoms with van der Waals surface area (Å²) in [4.78, 5) is 16.0. The number of aromatic nitrogens is 2. The summed E-state index contributed by atoms with van der Waals surface area (Å²) in [5.74, 6) is 1.14. The van der Waals surface area contributed by atoms with Gasteiger partial charge in [0.05, 0.1) is 5.54 Å². The van der Waals surface area contributed by atoms with Crippen molar-refractivity contribution in [2.45, 2.75) is 52.0 Å². The molecule has 1 heterocycles. The zero-order valence-electron chi connectivity index (χ0n) is 11.8. The fraction of sp³-hybridized carbons (Fsp3) is 0.769. The van der Waals surface area contributed by atoms with Gasteiger partial charge < -0.3 is 15.6 Å². The molecular weight excluding hydrogens is 244 g/mol. The molecule has 0 aromatic carbocycles. The Balaban J connectivity index is 1.83.